The van der Waals surface area contributed by atoms with Gasteiger partial charge in [-0.3, -0.25) is 19.2 Å². The zero-order valence-electron chi connectivity index (χ0n) is 34.7. The number of rotatable bonds is 0. The summed E-state index contributed by atoms with van der Waals surface area (Å²) in [6.45, 7) is 0. The fourth-order valence-electron chi connectivity index (χ4n) is 7.51. The SMILES string of the molecule is O=C1c2cccc(n2)CCc2cccc(n2)C(=O)c2cccc(n2)CCc2cccc(n2)C(=O)c2cccc(n2)CCc2cccc(n2)C(=O)c2cccc(n2)CCc2cccc1n2. The van der Waals surface area contributed by atoms with E-state index in [4.69, 9.17) is 0 Å². The van der Waals surface area contributed by atoms with E-state index in [1.54, 1.807) is 97.1 Å². The summed E-state index contributed by atoms with van der Waals surface area (Å²) in [5.41, 5.74) is 7.87. The molecule has 0 radical (unpaired) electrons. The lowest BCUT2D eigenvalue weighted by Gasteiger charge is -2.08. The summed E-state index contributed by atoms with van der Waals surface area (Å²) in [4.78, 5) is 92.0. The number of carbonyl (C=O) groups excluding carboxylic acids is 4. The Morgan fingerprint density at radius 1 is 0.203 bits per heavy atom. The van der Waals surface area contributed by atoms with Gasteiger partial charge in [-0.15, -0.1) is 0 Å². The highest BCUT2D eigenvalue weighted by Gasteiger charge is 2.19. The molecule has 8 aromatic rings. The first-order chi connectivity index (χ1) is 31.3. The lowest BCUT2D eigenvalue weighted by Crippen LogP contribution is -2.12. The largest absolute Gasteiger partial charge is 0.285 e. The predicted octanol–water partition coefficient (Wildman–Crippen LogP) is 7.22. The van der Waals surface area contributed by atoms with Crippen molar-refractivity contribution in [3.8, 4) is 0 Å². The van der Waals surface area contributed by atoms with Crippen LogP contribution in [0.2, 0.25) is 0 Å². The molecule has 12 heteroatoms. The summed E-state index contributed by atoms with van der Waals surface area (Å²) < 4.78 is 0. The van der Waals surface area contributed by atoms with E-state index in [0.717, 1.165) is 0 Å². The van der Waals surface area contributed by atoms with Gasteiger partial charge < -0.3 is 0 Å². The number of ketones is 4. The van der Waals surface area contributed by atoms with E-state index in [9.17, 15) is 19.2 Å². The van der Waals surface area contributed by atoms with Gasteiger partial charge in [0, 0.05) is 45.6 Å². The number of fused-ring (bicyclic) bond motifs is 16. The molecule has 0 N–H and O–H groups in total. The van der Waals surface area contributed by atoms with Gasteiger partial charge in [-0.1, -0.05) is 48.5 Å². The van der Waals surface area contributed by atoms with E-state index < -0.39 is 0 Å². The number of aromatic nitrogens is 8. The van der Waals surface area contributed by atoms with Gasteiger partial charge in [0.1, 0.15) is 45.6 Å². The highest BCUT2D eigenvalue weighted by Crippen LogP contribution is 2.17. The minimum absolute atomic E-state index is 0.279. The number of aryl methyl sites for hydroxylation is 8. The smallest absolute Gasteiger partial charge is 0.229 e. The number of hydrogen-bond acceptors (Lipinski definition) is 12. The van der Waals surface area contributed by atoms with Gasteiger partial charge in [0.05, 0.1) is 0 Å². The van der Waals surface area contributed by atoms with Crippen LogP contribution in [0.4, 0.5) is 0 Å². The summed E-state index contributed by atoms with van der Waals surface area (Å²) in [6.07, 6.45) is 3.94. The monoisotopic (exact) mass is 840 g/mol. The van der Waals surface area contributed by atoms with Crippen LogP contribution in [0.5, 0.6) is 0 Å². The van der Waals surface area contributed by atoms with E-state index in [0.29, 0.717) is 96.9 Å². The molecule has 312 valence electrons. The second-order valence-electron chi connectivity index (χ2n) is 15.4. The Labute approximate surface area is 369 Å². The molecule has 0 aliphatic carbocycles. The van der Waals surface area contributed by atoms with Gasteiger partial charge in [-0.25, -0.2) is 39.9 Å². The van der Waals surface area contributed by atoms with Gasteiger partial charge in [0.15, 0.2) is 0 Å². The average molecular weight is 841 g/mol. The topological polar surface area (TPSA) is 171 Å². The molecular weight excluding hydrogens is 801 g/mol. The molecule has 64 heavy (non-hydrogen) atoms. The number of nitrogens with zero attached hydrogens (tertiary/aromatic N) is 8. The predicted molar refractivity (Wildman–Crippen MR) is 237 cm³/mol. The van der Waals surface area contributed by atoms with Crippen LogP contribution in [0.25, 0.3) is 0 Å². The maximum absolute atomic E-state index is 13.7. The zero-order valence-corrected chi connectivity index (χ0v) is 34.7. The highest BCUT2D eigenvalue weighted by molar-refractivity contribution is 6.08. The Hall–Kier alpha value is -8.12. The van der Waals surface area contributed by atoms with Crippen LogP contribution in [0.15, 0.2) is 146 Å². The molecule has 9 heterocycles. The van der Waals surface area contributed by atoms with Crippen LogP contribution in [0, 0.1) is 0 Å². The molecule has 1 aliphatic heterocycles. The molecule has 12 nitrogen and oxygen atoms in total. The van der Waals surface area contributed by atoms with Crippen molar-refractivity contribution < 1.29 is 19.2 Å². The van der Waals surface area contributed by atoms with E-state index >= 15 is 0 Å². The standard InChI is InChI=1S/C52H40N8O4/c61-49-41-17-1-9-33(53-41)25-26-34-10-3-19-43(55-34)50(62)44-20-5-13-37(57-44)29-30-38-14-7-23-47(59-38)52(64)48-24-8-16-40(60-48)32-31-39-15-6-22-46(58-39)51(63)45-21-4-12-36(56-45)28-27-35-11-2-18-42(49)54-35/h1-24H,25-32H2. The third kappa shape index (κ3) is 9.82. The van der Waals surface area contributed by atoms with Crippen LogP contribution >= 0.6 is 0 Å². The summed E-state index contributed by atoms with van der Waals surface area (Å²) in [6, 6.07) is 42.7. The molecule has 0 fully saturated rings. The molecule has 0 aromatic carbocycles. The molecule has 9 rings (SSSR count). The summed E-state index contributed by atoms with van der Waals surface area (Å²) in [5, 5.41) is 0. The number of pyridine rings is 8. The van der Waals surface area contributed by atoms with Crippen molar-refractivity contribution in [1.29, 1.82) is 0 Å². The van der Waals surface area contributed by atoms with Gasteiger partial charge >= 0.3 is 0 Å². The molecule has 0 amide bonds. The third-order valence-electron chi connectivity index (χ3n) is 10.9. The Morgan fingerprint density at radius 2 is 0.328 bits per heavy atom. The Balaban J connectivity index is 0.993. The third-order valence-corrected chi connectivity index (χ3v) is 10.9. The number of carbonyl (C=O) groups is 4. The Bertz CT molecular complexity index is 2470. The maximum Gasteiger partial charge on any atom is 0.229 e. The van der Waals surface area contributed by atoms with Gasteiger partial charge in [-0.05, 0) is 148 Å². The second-order valence-corrected chi connectivity index (χ2v) is 15.4. The van der Waals surface area contributed by atoms with E-state index in [2.05, 4.69) is 39.9 Å². The fraction of sp³-hybridized carbons (Fsp3) is 0.154. The molecule has 0 saturated heterocycles. The first-order valence-electron chi connectivity index (χ1n) is 21.2. The van der Waals surface area contributed by atoms with E-state index in [-0.39, 0.29) is 68.7 Å². The molecule has 0 spiro atoms. The fourth-order valence-corrected chi connectivity index (χ4v) is 7.51. The minimum Gasteiger partial charge on any atom is -0.285 e. The van der Waals surface area contributed by atoms with Gasteiger partial charge in [0.2, 0.25) is 23.1 Å². The molecular formula is C52H40N8O4. The zero-order chi connectivity index (χ0) is 43.8. The lowest BCUT2D eigenvalue weighted by molar-refractivity contribution is 0.102. The molecule has 0 unspecified atom stereocenters. The molecule has 1 aliphatic rings. The maximum atomic E-state index is 13.7. The lowest BCUT2D eigenvalue weighted by atomic mass is 10.1. The van der Waals surface area contributed by atoms with Crippen LogP contribution in [-0.4, -0.2) is 63.0 Å². The Morgan fingerprint density at radius 3 is 0.453 bits per heavy atom. The summed E-state index contributed by atoms with van der Waals surface area (Å²) in [7, 11) is 0. The summed E-state index contributed by atoms with van der Waals surface area (Å²) >= 11 is 0. The number of hydrogen-bond donors (Lipinski definition) is 0. The second kappa shape index (κ2) is 18.9. The quantitative estimate of drug-likeness (QED) is 0.150. The van der Waals surface area contributed by atoms with Crippen molar-refractivity contribution in [2.45, 2.75) is 51.4 Å². The molecule has 16 bridgehead atoms. The Kier molecular flexibility index (Phi) is 12.2. The van der Waals surface area contributed by atoms with Crippen molar-refractivity contribution in [2.24, 2.45) is 0 Å². The van der Waals surface area contributed by atoms with Crippen molar-refractivity contribution in [1.82, 2.24) is 39.9 Å². The van der Waals surface area contributed by atoms with Crippen LogP contribution < -0.4 is 0 Å². The average Bonchev–Trinajstić information content (AvgIpc) is 3.35. The van der Waals surface area contributed by atoms with Crippen molar-refractivity contribution in [3.63, 3.8) is 0 Å². The van der Waals surface area contributed by atoms with Crippen LogP contribution in [0.1, 0.15) is 110 Å². The van der Waals surface area contributed by atoms with Crippen molar-refractivity contribution in [2.75, 3.05) is 0 Å². The molecule has 0 saturated carbocycles. The van der Waals surface area contributed by atoms with Crippen LogP contribution in [0.3, 0.4) is 0 Å². The summed E-state index contributed by atoms with van der Waals surface area (Å²) in [5.74, 6) is -1.18. The van der Waals surface area contributed by atoms with Crippen molar-refractivity contribution in [3.05, 3.63) is 237 Å². The van der Waals surface area contributed by atoms with Crippen molar-refractivity contribution >= 4 is 23.1 Å². The highest BCUT2D eigenvalue weighted by atomic mass is 16.1. The van der Waals surface area contributed by atoms with E-state index in [1.165, 1.54) is 0 Å². The normalized spacial score (nSPS) is 13.9. The minimum atomic E-state index is -0.294. The molecule has 8 aromatic heterocycles. The van der Waals surface area contributed by atoms with E-state index in [1.807, 2.05) is 48.5 Å². The first kappa shape index (κ1) is 41.2. The molecule has 0 atom stereocenters. The first-order valence-corrected chi connectivity index (χ1v) is 21.2. The van der Waals surface area contributed by atoms with Crippen LogP contribution in [-0.2, 0) is 51.4 Å². The van der Waals surface area contributed by atoms with Gasteiger partial charge in [-0.2, -0.15) is 0 Å². The van der Waals surface area contributed by atoms with Gasteiger partial charge in [0.25, 0.3) is 0 Å².